The molecule has 0 unspecified atom stereocenters. The number of fused-ring (bicyclic) bond motifs is 1. The van der Waals surface area contributed by atoms with Crippen LogP contribution in [0.25, 0.3) is 11.1 Å². The van der Waals surface area contributed by atoms with Gasteiger partial charge < -0.3 is 19.5 Å². The van der Waals surface area contributed by atoms with Gasteiger partial charge in [-0.25, -0.2) is 9.78 Å². The molecule has 1 N–H and O–H groups in total. The fourth-order valence-corrected chi connectivity index (χ4v) is 3.19. The number of nitrogens with zero attached hydrogens (tertiary/aromatic N) is 3. The summed E-state index contributed by atoms with van der Waals surface area (Å²) in [4.78, 5) is 32.5. The zero-order valence-electron chi connectivity index (χ0n) is 16.7. The van der Waals surface area contributed by atoms with Crippen LogP contribution in [0, 0.1) is 5.92 Å². The van der Waals surface area contributed by atoms with E-state index in [9.17, 15) is 9.59 Å². The first-order valence-corrected chi connectivity index (χ1v) is 9.33. The minimum Gasteiger partial charge on any atom is -0.440 e. The van der Waals surface area contributed by atoms with Crippen molar-refractivity contribution in [3.05, 3.63) is 24.1 Å². The predicted octanol–water partition coefficient (Wildman–Crippen LogP) is 3.46. The number of carbonyl (C=O) groups is 2. The highest BCUT2D eigenvalue weighted by atomic mass is 16.3. The molecule has 7 nitrogen and oxygen atoms in total. The number of piperidine rings is 1. The SMILES string of the molecule is CN(C)C(=O)N1CCC(C(=O)Nc2ccc3oc(C(C)(C)C)nc3c2)CC1. The lowest BCUT2D eigenvalue weighted by Gasteiger charge is -2.33. The molecule has 0 spiro atoms. The Kier molecular flexibility index (Phi) is 5.13. The van der Waals surface area contributed by atoms with E-state index < -0.39 is 0 Å². The van der Waals surface area contributed by atoms with Crippen LogP contribution in [-0.2, 0) is 10.2 Å². The van der Waals surface area contributed by atoms with Gasteiger partial charge in [0.25, 0.3) is 0 Å². The van der Waals surface area contributed by atoms with Crippen molar-refractivity contribution in [1.82, 2.24) is 14.8 Å². The van der Waals surface area contributed by atoms with Crippen LogP contribution < -0.4 is 5.32 Å². The zero-order valence-corrected chi connectivity index (χ0v) is 16.7. The first-order valence-electron chi connectivity index (χ1n) is 9.33. The van der Waals surface area contributed by atoms with E-state index in [2.05, 4.69) is 10.3 Å². The molecule has 7 heteroatoms. The highest BCUT2D eigenvalue weighted by Gasteiger charge is 2.28. The molecular weight excluding hydrogens is 344 g/mol. The number of amides is 3. The largest absolute Gasteiger partial charge is 0.440 e. The van der Waals surface area contributed by atoms with Crippen LogP contribution in [0.5, 0.6) is 0 Å². The first kappa shape index (κ1) is 19.2. The second-order valence-corrected chi connectivity index (χ2v) is 8.38. The van der Waals surface area contributed by atoms with Crippen LogP contribution in [0.2, 0.25) is 0 Å². The summed E-state index contributed by atoms with van der Waals surface area (Å²) in [6.45, 7) is 7.36. The molecule has 0 aliphatic carbocycles. The predicted molar refractivity (Wildman–Crippen MR) is 105 cm³/mol. The van der Waals surface area contributed by atoms with Crippen molar-refractivity contribution in [2.45, 2.75) is 39.0 Å². The molecule has 2 heterocycles. The molecule has 1 aliphatic rings. The van der Waals surface area contributed by atoms with Gasteiger partial charge in [0.1, 0.15) is 5.52 Å². The van der Waals surface area contributed by atoms with Crippen LogP contribution in [0.15, 0.2) is 22.6 Å². The minimum absolute atomic E-state index is 0.00000515. The maximum atomic E-state index is 12.6. The third-order valence-electron chi connectivity index (χ3n) is 4.82. The van der Waals surface area contributed by atoms with Crippen LogP contribution in [0.1, 0.15) is 39.5 Å². The fraction of sp³-hybridized carbons (Fsp3) is 0.550. The highest BCUT2D eigenvalue weighted by molar-refractivity contribution is 5.94. The molecule has 0 saturated carbocycles. The van der Waals surface area contributed by atoms with Crippen molar-refractivity contribution in [3.63, 3.8) is 0 Å². The number of hydrogen-bond donors (Lipinski definition) is 1. The topological polar surface area (TPSA) is 78.7 Å². The summed E-state index contributed by atoms with van der Waals surface area (Å²) in [7, 11) is 3.48. The number of rotatable bonds is 2. The Labute approximate surface area is 159 Å². The standard InChI is InChI=1S/C20H28N4O3/c1-20(2,3)18-22-15-12-14(6-7-16(15)27-18)21-17(25)13-8-10-24(11-9-13)19(26)23(4)5/h6-7,12-13H,8-11H2,1-5H3,(H,21,25). The number of oxazole rings is 1. The van der Waals surface area contributed by atoms with E-state index in [1.807, 2.05) is 39.0 Å². The Morgan fingerprint density at radius 2 is 1.89 bits per heavy atom. The minimum atomic E-state index is -0.166. The van der Waals surface area contributed by atoms with E-state index in [0.717, 1.165) is 5.52 Å². The summed E-state index contributed by atoms with van der Waals surface area (Å²) < 4.78 is 5.80. The lowest BCUT2D eigenvalue weighted by Crippen LogP contribution is -2.45. The van der Waals surface area contributed by atoms with Crippen LogP contribution >= 0.6 is 0 Å². The Bertz CT molecular complexity index is 843. The van der Waals surface area contributed by atoms with E-state index in [4.69, 9.17) is 4.42 Å². The molecule has 27 heavy (non-hydrogen) atoms. The summed E-state index contributed by atoms with van der Waals surface area (Å²) in [5.74, 6) is 0.583. The molecule has 1 aliphatic heterocycles. The van der Waals surface area contributed by atoms with E-state index in [0.29, 0.717) is 43.1 Å². The van der Waals surface area contributed by atoms with Gasteiger partial charge >= 0.3 is 6.03 Å². The number of carbonyl (C=O) groups excluding carboxylic acids is 2. The Balaban J connectivity index is 1.64. The molecule has 2 aromatic rings. The summed E-state index contributed by atoms with van der Waals surface area (Å²) in [6.07, 6.45) is 1.34. The van der Waals surface area contributed by atoms with Gasteiger partial charge in [-0.15, -0.1) is 0 Å². The first-order chi connectivity index (χ1) is 12.6. The molecule has 3 amide bonds. The van der Waals surface area contributed by atoms with E-state index >= 15 is 0 Å². The van der Waals surface area contributed by atoms with Gasteiger partial charge in [0, 0.05) is 44.2 Å². The van der Waals surface area contributed by atoms with Gasteiger partial charge in [-0.3, -0.25) is 4.79 Å². The molecule has 1 fully saturated rings. The molecule has 3 rings (SSSR count). The summed E-state index contributed by atoms with van der Waals surface area (Å²) >= 11 is 0. The molecule has 0 bridgehead atoms. The number of aromatic nitrogens is 1. The maximum Gasteiger partial charge on any atom is 0.319 e. The monoisotopic (exact) mass is 372 g/mol. The molecule has 1 aromatic carbocycles. The van der Waals surface area contributed by atoms with Crippen LogP contribution in [-0.4, -0.2) is 53.9 Å². The lowest BCUT2D eigenvalue weighted by atomic mass is 9.96. The normalized spacial score (nSPS) is 15.8. The summed E-state index contributed by atoms with van der Waals surface area (Å²) in [6, 6.07) is 5.52. The molecule has 146 valence electrons. The van der Waals surface area contributed by atoms with E-state index in [-0.39, 0.29) is 23.3 Å². The molecule has 0 atom stereocenters. The fourth-order valence-electron chi connectivity index (χ4n) is 3.19. The van der Waals surface area contributed by atoms with Crippen molar-refractivity contribution in [3.8, 4) is 0 Å². The van der Waals surface area contributed by atoms with Gasteiger partial charge in [0.2, 0.25) is 11.8 Å². The van der Waals surface area contributed by atoms with Crippen LogP contribution in [0.4, 0.5) is 10.5 Å². The number of likely N-dealkylation sites (tertiary alicyclic amines) is 1. The smallest absolute Gasteiger partial charge is 0.319 e. The number of benzene rings is 1. The highest BCUT2D eigenvalue weighted by Crippen LogP contribution is 2.28. The van der Waals surface area contributed by atoms with Crippen molar-refractivity contribution >= 4 is 28.7 Å². The van der Waals surface area contributed by atoms with Gasteiger partial charge in [-0.1, -0.05) is 20.8 Å². The van der Waals surface area contributed by atoms with Crippen LogP contribution in [0.3, 0.4) is 0 Å². The summed E-state index contributed by atoms with van der Waals surface area (Å²) in [5, 5.41) is 2.98. The number of hydrogen-bond acceptors (Lipinski definition) is 4. The maximum absolute atomic E-state index is 12.6. The quantitative estimate of drug-likeness (QED) is 0.876. The van der Waals surface area contributed by atoms with Gasteiger partial charge in [0.15, 0.2) is 5.58 Å². The van der Waals surface area contributed by atoms with Crippen molar-refractivity contribution in [2.24, 2.45) is 5.92 Å². The summed E-state index contributed by atoms with van der Waals surface area (Å²) in [5.41, 5.74) is 2.01. The average molecular weight is 372 g/mol. The lowest BCUT2D eigenvalue weighted by molar-refractivity contribution is -0.121. The third-order valence-corrected chi connectivity index (χ3v) is 4.82. The number of nitrogens with one attached hydrogen (secondary N) is 1. The Morgan fingerprint density at radius 3 is 2.48 bits per heavy atom. The van der Waals surface area contributed by atoms with E-state index in [1.165, 1.54) is 0 Å². The second kappa shape index (κ2) is 7.21. The van der Waals surface area contributed by atoms with Crippen molar-refractivity contribution in [2.75, 3.05) is 32.5 Å². The molecular formula is C20H28N4O3. The molecule has 1 aromatic heterocycles. The van der Waals surface area contributed by atoms with Gasteiger partial charge in [-0.05, 0) is 31.0 Å². The number of urea groups is 1. The molecule has 0 radical (unpaired) electrons. The Hall–Kier alpha value is -2.57. The van der Waals surface area contributed by atoms with Crippen molar-refractivity contribution in [1.29, 1.82) is 0 Å². The number of anilines is 1. The average Bonchev–Trinajstić information content (AvgIpc) is 3.05. The third kappa shape index (κ3) is 4.23. The zero-order chi connectivity index (χ0) is 19.8. The van der Waals surface area contributed by atoms with Gasteiger partial charge in [-0.2, -0.15) is 0 Å². The van der Waals surface area contributed by atoms with Gasteiger partial charge in [0.05, 0.1) is 0 Å². The second-order valence-electron chi connectivity index (χ2n) is 8.38. The van der Waals surface area contributed by atoms with E-state index in [1.54, 1.807) is 23.9 Å². The molecule has 1 saturated heterocycles. The Morgan fingerprint density at radius 1 is 1.22 bits per heavy atom. The van der Waals surface area contributed by atoms with Crippen molar-refractivity contribution < 1.29 is 14.0 Å².